The fourth-order valence-electron chi connectivity index (χ4n) is 3.02. The first-order valence-electron chi connectivity index (χ1n) is 8.57. The number of sulfonamides is 1. The van der Waals surface area contributed by atoms with Crippen LogP contribution in [0.3, 0.4) is 0 Å². The molecule has 1 fully saturated rings. The summed E-state index contributed by atoms with van der Waals surface area (Å²) in [6.45, 7) is 0.579. The summed E-state index contributed by atoms with van der Waals surface area (Å²) in [5.74, 6) is 0.199. The number of carbonyl (C=O) groups is 1. The third kappa shape index (κ3) is 3.73. The number of nitrogens with zero attached hydrogens (tertiary/aromatic N) is 2. The molecule has 0 aliphatic carbocycles. The third-order valence-corrected chi connectivity index (χ3v) is 6.48. The number of piperazine rings is 1. The Bertz CT molecular complexity index is 1030. The second kappa shape index (κ2) is 8.03. The van der Waals surface area contributed by atoms with Crippen molar-refractivity contribution in [2.45, 2.75) is 4.90 Å². The first-order valence-corrected chi connectivity index (χ1v) is 10.0. The number of rotatable bonds is 5. The standard InChI is InChI=1S/C18H21N3O6S/c1-26-13-5-6-15(27-2)16(12-13)28(24,25)21-10-8-20(9-11-21)18(23)14-4-3-7-19-17(14)22/h3-7,12H,8-11H2,1-2H3,(H,19,22). The van der Waals surface area contributed by atoms with Crippen molar-refractivity contribution >= 4 is 15.9 Å². The van der Waals surface area contributed by atoms with E-state index in [-0.39, 0.29) is 42.4 Å². The van der Waals surface area contributed by atoms with Crippen molar-refractivity contribution in [2.24, 2.45) is 0 Å². The van der Waals surface area contributed by atoms with Gasteiger partial charge in [-0.25, -0.2) is 8.42 Å². The molecule has 0 radical (unpaired) electrons. The molecular weight excluding hydrogens is 386 g/mol. The van der Waals surface area contributed by atoms with Crippen molar-refractivity contribution in [2.75, 3.05) is 40.4 Å². The van der Waals surface area contributed by atoms with Gasteiger partial charge in [-0.3, -0.25) is 9.59 Å². The van der Waals surface area contributed by atoms with E-state index in [0.29, 0.717) is 5.75 Å². The number of methoxy groups -OCH3 is 2. The van der Waals surface area contributed by atoms with Gasteiger partial charge in [0.1, 0.15) is 22.0 Å². The molecule has 1 amide bonds. The maximum Gasteiger partial charge on any atom is 0.260 e. The van der Waals surface area contributed by atoms with E-state index in [9.17, 15) is 18.0 Å². The normalized spacial score (nSPS) is 15.3. The number of amides is 1. The van der Waals surface area contributed by atoms with E-state index >= 15 is 0 Å². The molecule has 0 spiro atoms. The Kier molecular flexibility index (Phi) is 5.71. The molecule has 0 bridgehead atoms. The number of pyridine rings is 1. The van der Waals surface area contributed by atoms with Crippen molar-refractivity contribution in [3.63, 3.8) is 0 Å². The second-order valence-electron chi connectivity index (χ2n) is 6.13. The number of aromatic nitrogens is 1. The van der Waals surface area contributed by atoms with Gasteiger partial charge in [-0.15, -0.1) is 0 Å². The molecule has 28 heavy (non-hydrogen) atoms. The van der Waals surface area contributed by atoms with Crippen molar-refractivity contribution in [1.82, 2.24) is 14.2 Å². The number of hydrogen-bond donors (Lipinski definition) is 1. The zero-order chi connectivity index (χ0) is 20.3. The van der Waals surface area contributed by atoms with E-state index in [1.54, 1.807) is 12.1 Å². The fourth-order valence-corrected chi connectivity index (χ4v) is 4.61. The predicted molar refractivity (Wildman–Crippen MR) is 101 cm³/mol. The Morgan fingerprint density at radius 1 is 1.07 bits per heavy atom. The Morgan fingerprint density at radius 3 is 2.39 bits per heavy atom. The van der Waals surface area contributed by atoms with Crippen LogP contribution in [0.1, 0.15) is 10.4 Å². The molecule has 1 aliphatic rings. The number of nitrogens with one attached hydrogen (secondary N) is 1. The number of carbonyl (C=O) groups excluding carboxylic acids is 1. The van der Waals surface area contributed by atoms with E-state index in [0.717, 1.165) is 0 Å². The largest absolute Gasteiger partial charge is 0.497 e. The summed E-state index contributed by atoms with van der Waals surface area (Å²) in [7, 11) is -0.987. The number of ether oxygens (including phenoxy) is 2. The molecule has 0 unspecified atom stereocenters. The second-order valence-corrected chi connectivity index (χ2v) is 8.03. The molecule has 0 saturated carbocycles. The van der Waals surface area contributed by atoms with Gasteiger partial charge in [0.25, 0.3) is 11.5 Å². The molecule has 150 valence electrons. The van der Waals surface area contributed by atoms with Crippen LogP contribution in [0.25, 0.3) is 0 Å². The van der Waals surface area contributed by atoms with Gasteiger partial charge in [-0.05, 0) is 24.3 Å². The van der Waals surface area contributed by atoms with Crippen LogP contribution >= 0.6 is 0 Å². The molecule has 0 atom stereocenters. The van der Waals surface area contributed by atoms with Crippen LogP contribution in [0.2, 0.25) is 0 Å². The Hall–Kier alpha value is -2.85. The lowest BCUT2D eigenvalue weighted by Crippen LogP contribution is -2.51. The number of hydrogen-bond acceptors (Lipinski definition) is 6. The highest BCUT2D eigenvalue weighted by atomic mass is 32.2. The molecule has 1 aromatic heterocycles. The summed E-state index contributed by atoms with van der Waals surface area (Å²) in [5.41, 5.74) is -0.433. The minimum Gasteiger partial charge on any atom is -0.497 e. The molecule has 10 heteroatoms. The highest BCUT2D eigenvalue weighted by Crippen LogP contribution is 2.31. The average Bonchev–Trinajstić information content (AvgIpc) is 2.73. The SMILES string of the molecule is COc1ccc(OC)c(S(=O)(=O)N2CCN(C(=O)c3ccc[nH]c3=O)CC2)c1. The highest BCUT2D eigenvalue weighted by Gasteiger charge is 2.33. The molecular formula is C18H21N3O6S. The lowest BCUT2D eigenvalue weighted by molar-refractivity contribution is 0.0696. The van der Waals surface area contributed by atoms with E-state index in [4.69, 9.17) is 9.47 Å². The lowest BCUT2D eigenvalue weighted by atomic mass is 10.2. The minimum atomic E-state index is -3.84. The Balaban J connectivity index is 1.78. The van der Waals surface area contributed by atoms with Gasteiger partial charge in [-0.1, -0.05) is 0 Å². The van der Waals surface area contributed by atoms with Crippen LogP contribution in [0.4, 0.5) is 0 Å². The molecule has 1 N–H and O–H groups in total. The molecule has 2 aromatic rings. The number of H-pyrrole nitrogens is 1. The van der Waals surface area contributed by atoms with Crippen LogP contribution in [0.5, 0.6) is 11.5 Å². The van der Waals surface area contributed by atoms with Gasteiger partial charge in [0, 0.05) is 38.4 Å². The Labute approximate surface area is 162 Å². The van der Waals surface area contributed by atoms with E-state index in [1.165, 1.54) is 47.8 Å². The molecule has 3 rings (SSSR count). The number of aromatic amines is 1. The first kappa shape index (κ1) is 19.9. The fraction of sp³-hybridized carbons (Fsp3) is 0.333. The molecule has 1 aromatic carbocycles. The van der Waals surface area contributed by atoms with Crippen molar-refractivity contribution < 1.29 is 22.7 Å². The highest BCUT2D eigenvalue weighted by molar-refractivity contribution is 7.89. The van der Waals surface area contributed by atoms with Gasteiger partial charge < -0.3 is 19.4 Å². The summed E-state index contributed by atoms with van der Waals surface area (Å²) in [4.78, 5) is 28.3. The summed E-state index contributed by atoms with van der Waals surface area (Å²) < 4.78 is 37.7. The van der Waals surface area contributed by atoms with Gasteiger partial charge in [0.2, 0.25) is 10.0 Å². The van der Waals surface area contributed by atoms with E-state index in [2.05, 4.69) is 4.98 Å². The summed E-state index contributed by atoms with van der Waals surface area (Å²) in [5, 5.41) is 0. The third-order valence-electron chi connectivity index (χ3n) is 4.56. The van der Waals surface area contributed by atoms with Crippen molar-refractivity contribution in [1.29, 1.82) is 0 Å². The number of benzene rings is 1. The van der Waals surface area contributed by atoms with Gasteiger partial charge in [0.15, 0.2) is 0 Å². The maximum absolute atomic E-state index is 13.1. The predicted octanol–water partition coefficient (Wildman–Crippen LogP) is 0.539. The monoisotopic (exact) mass is 407 g/mol. The van der Waals surface area contributed by atoms with E-state index in [1.807, 2.05) is 0 Å². The van der Waals surface area contributed by atoms with Crippen molar-refractivity contribution in [3.05, 3.63) is 52.4 Å². The molecule has 1 aliphatic heterocycles. The van der Waals surface area contributed by atoms with Gasteiger partial charge in [0.05, 0.1) is 14.2 Å². The molecule has 2 heterocycles. The first-order chi connectivity index (χ1) is 13.4. The zero-order valence-corrected chi connectivity index (χ0v) is 16.4. The van der Waals surface area contributed by atoms with E-state index < -0.39 is 21.5 Å². The lowest BCUT2D eigenvalue weighted by Gasteiger charge is -2.34. The minimum absolute atomic E-state index is 0.00799. The maximum atomic E-state index is 13.1. The van der Waals surface area contributed by atoms with Crippen LogP contribution in [-0.2, 0) is 10.0 Å². The smallest absolute Gasteiger partial charge is 0.260 e. The quantitative estimate of drug-likeness (QED) is 0.775. The molecule has 1 saturated heterocycles. The van der Waals surface area contributed by atoms with Crippen LogP contribution in [-0.4, -0.2) is 68.9 Å². The van der Waals surface area contributed by atoms with Crippen LogP contribution in [0, 0.1) is 0 Å². The summed E-state index contributed by atoms with van der Waals surface area (Å²) >= 11 is 0. The van der Waals surface area contributed by atoms with Gasteiger partial charge >= 0.3 is 0 Å². The van der Waals surface area contributed by atoms with Crippen LogP contribution in [0.15, 0.2) is 46.2 Å². The topological polar surface area (TPSA) is 109 Å². The summed E-state index contributed by atoms with van der Waals surface area (Å²) in [6.07, 6.45) is 1.45. The van der Waals surface area contributed by atoms with Gasteiger partial charge in [-0.2, -0.15) is 4.31 Å². The molecule has 9 nitrogen and oxygen atoms in total. The van der Waals surface area contributed by atoms with Crippen LogP contribution < -0.4 is 15.0 Å². The van der Waals surface area contributed by atoms with Crippen molar-refractivity contribution in [3.8, 4) is 11.5 Å². The average molecular weight is 407 g/mol. The zero-order valence-electron chi connectivity index (χ0n) is 15.5. The summed E-state index contributed by atoms with van der Waals surface area (Å²) in [6, 6.07) is 7.59. The Morgan fingerprint density at radius 2 is 1.79 bits per heavy atom.